The van der Waals surface area contributed by atoms with E-state index in [1.54, 1.807) is 25.1 Å². The molecule has 0 spiro atoms. The Balaban J connectivity index is 0.00000208. The number of hydrogen-bond donors (Lipinski definition) is 1. The van der Waals surface area contributed by atoms with Crippen LogP contribution in [0.1, 0.15) is 22.6 Å². The molecule has 1 aliphatic heterocycles. The zero-order valence-corrected chi connectivity index (χ0v) is 13.9. The fourth-order valence-electron chi connectivity index (χ4n) is 2.68. The van der Waals surface area contributed by atoms with E-state index >= 15 is 0 Å². The van der Waals surface area contributed by atoms with Crippen LogP contribution >= 0.6 is 12.4 Å². The Morgan fingerprint density at radius 3 is 2.71 bits per heavy atom. The Kier molecular flexibility index (Phi) is 5.36. The highest BCUT2D eigenvalue weighted by molar-refractivity contribution is 5.92. The first-order valence-corrected chi connectivity index (χ1v) is 7.38. The summed E-state index contributed by atoms with van der Waals surface area (Å²) < 4.78 is 15.3. The highest BCUT2D eigenvalue weighted by Crippen LogP contribution is 2.14. The van der Waals surface area contributed by atoms with E-state index in [2.05, 4.69) is 5.10 Å². The molecule has 6 nitrogen and oxygen atoms in total. The number of para-hydroxylation sites is 1. The van der Waals surface area contributed by atoms with Crippen molar-refractivity contribution in [2.75, 3.05) is 13.1 Å². The Hall–Kier alpha value is -2.25. The topological polar surface area (TPSA) is 81.2 Å². The molecule has 2 N–H and O–H groups in total. The van der Waals surface area contributed by atoms with Crippen LogP contribution in [0, 0.1) is 12.7 Å². The Labute approximate surface area is 144 Å². The molecule has 2 heterocycles. The summed E-state index contributed by atoms with van der Waals surface area (Å²) in [5.41, 5.74) is 5.76. The van der Waals surface area contributed by atoms with E-state index < -0.39 is 17.2 Å². The lowest BCUT2D eigenvalue weighted by molar-refractivity contribution is 0.0781. The molecular formula is C16H18ClFN4O2. The molecular weight excluding hydrogens is 335 g/mol. The number of likely N-dealkylation sites (tertiary alicyclic amines) is 1. The number of hydrogen-bond acceptors (Lipinski definition) is 4. The molecule has 0 saturated carbocycles. The number of carbonyl (C=O) groups excluding carboxylic acids is 1. The second-order valence-electron chi connectivity index (χ2n) is 5.66. The van der Waals surface area contributed by atoms with E-state index in [-0.39, 0.29) is 29.8 Å². The van der Waals surface area contributed by atoms with Crippen LogP contribution in [0.5, 0.6) is 0 Å². The molecule has 1 aromatic carbocycles. The highest BCUT2D eigenvalue weighted by Gasteiger charge is 2.27. The van der Waals surface area contributed by atoms with Gasteiger partial charge in [-0.1, -0.05) is 12.1 Å². The number of aromatic nitrogens is 2. The van der Waals surface area contributed by atoms with Crippen molar-refractivity contribution in [3.8, 4) is 5.69 Å². The van der Waals surface area contributed by atoms with Crippen molar-refractivity contribution in [1.29, 1.82) is 0 Å². The van der Waals surface area contributed by atoms with Crippen molar-refractivity contribution < 1.29 is 9.18 Å². The number of carbonyl (C=O) groups is 1. The third-order valence-corrected chi connectivity index (χ3v) is 3.90. The lowest BCUT2D eigenvalue weighted by Gasteiger charge is -2.16. The molecule has 1 amide bonds. The first-order chi connectivity index (χ1) is 11.0. The van der Waals surface area contributed by atoms with Gasteiger partial charge in [0.05, 0.1) is 0 Å². The second kappa shape index (κ2) is 7.11. The van der Waals surface area contributed by atoms with E-state index in [9.17, 15) is 14.0 Å². The van der Waals surface area contributed by atoms with Gasteiger partial charge in [-0.2, -0.15) is 5.10 Å². The summed E-state index contributed by atoms with van der Waals surface area (Å²) in [5, 5.41) is 4.10. The molecule has 0 unspecified atom stereocenters. The van der Waals surface area contributed by atoms with Crippen molar-refractivity contribution in [3.05, 3.63) is 57.8 Å². The highest BCUT2D eigenvalue weighted by atomic mass is 35.5. The minimum Gasteiger partial charge on any atom is -0.336 e. The quantitative estimate of drug-likeness (QED) is 0.882. The van der Waals surface area contributed by atoms with Crippen molar-refractivity contribution in [2.24, 2.45) is 5.73 Å². The van der Waals surface area contributed by atoms with Crippen LogP contribution in [0.2, 0.25) is 0 Å². The lowest BCUT2D eigenvalue weighted by Crippen LogP contribution is -2.36. The van der Waals surface area contributed by atoms with Crippen LogP contribution in [-0.4, -0.2) is 39.7 Å². The molecule has 1 atom stereocenters. The summed E-state index contributed by atoms with van der Waals surface area (Å²) in [7, 11) is 0. The van der Waals surface area contributed by atoms with E-state index in [0.29, 0.717) is 25.2 Å². The summed E-state index contributed by atoms with van der Waals surface area (Å²) in [4.78, 5) is 26.1. The van der Waals surface area contributed by atoms with Gasteiger partial charge in [-0.15, -0.1) is 12.4 Å². The molecule has 0 aliphatic carbocycles. The molecule has 24 heavy (non-hydrogen) atoms. The number of aryl methyl sites for hydroxylation is 1. The van der Waals surface area contributed by atoms with Gasteiger partial charge in [0, 0.05) is 30.9 Å². The fourth-order valence-corrected chi connectivity index (χ4v) is 2.68. The van der Waals surface area contributed by atoms with Gasteiger partial charge in [-0.3, -0.25) is 9.59 Å². The molecule has 1 fully saturated rings. The van der Waals surface area contributed by atoms with E-state index in [1.807, 2.05) is 0 Å². The van der Waals surface area contributed by atoms with Crippen molar-refractivity contribution >= 4 is 18.3 Å². The molecule has 2 aromatic rings. The standard InChI is InChI=1S/C16H17FN4O2.ClH/c1-10-8-14(22)15(16(23)20-7-6-11(18)9-20)19-21(10)13-5-3-2-4-12(13)17;/h2-5,8,11H,6-7,9,18H2,1H3;1H/t11-;/m1./s1. The number of nitrogens with zero attached hydrogens (tertiary/aromatic N) is 3. The average Bonchev–Trinajstić information content (AvgIpc) is 2.94. The van der Waals surface area contributed by atoms with Gasteiger partial charge >= 0.3 is 0 Å². The largest absolute Gasteiger partial charge is 0.336 e. The average molecular weight is 353 g/mol. The zero-order chi connectivity index (χ0) is 16.6. The van der Waals surface area contributed by atoms with Crippen LogP contribution in [0.4, 0.5) is 4.39 Å². The van der Waals surface area contributed by atoms with Gasteiger partial charge in [0.1, 0.15) is 11.5 Å². The minimum atomic E-state index is -0.478. The summed E-state index contributed by atoms with van der Waals surface area (Å²) in [5.74, 6) is -0.943. The maximum absolute atomic E-state index is 14.0. The summed E-state index contributed by atoms with van der Waals surface area (Å²) in [6.45, 7) is 2.53. The third-order valence-electron chi connectivity index (χ3n) is 3.90. The van der Waals surface area contributed by atoms with Crippen LogP contribution in [0.25, 0.3) is 5.69 Å². The van der Waals surface area contributed by atoms with Crippen molar-refractivity contribution in [2.45, 2.75) is 19.4 Å². The Morgan fingerprint density at radius 1 is 1.38 bits per heavy atom. The number of benzene rings is 1. The van der Waals surface area contributed by atoms with Crippen molar-refractivity contribution in [1.82, 2.24) is 14.7 Å². The lowest BCUT2D eigenvalue weighted by atomic mass is 10.2. The molecule has 0 bridgehead atoms. The second-order valence-corrected chi connectivity index (χ2v) is 5.66. The Bertz CT molecular complexity index is 824. The van der Waals surface area contributed by atoms with Crippen LogP contribution in [0.15, 0.2) is 35.1 Å². The van der Waals surface area contributed by atoms with E-state index in [0.717, 1.165) is 0 Å². The van der Waals surface area contributed by atoms with Crippen molar-refractivity contribution in [3.63, 3.8) is 0 Å². The van der Waals surface area contributed by atoms with Gasteiger partial charge in [-0.25, -0.2) is 9.07 Å². The maximum Gasteiger partial charge on any atom is 0.278 e. The SMILES string of the molecule is Cc1cc(=O)c(C(=O)N2CC[C@@H](N)C2)nn1-c1ccccc1F.Cl. The van der Waals surface area contributed by atoms with Crippen LogP contribution < -0.4 is 11.2 Å². The first-order valence-electron chi connectivity index (χ1n) is 7.38. The predicted octanol–water partition coefficient (Wildman–Crippen LogP) is 1.28. The summed E-state index contributed by atoms with van der Waals surface area (Å²) in [6.07, 6.45) is 0.694. The van der Waals surface area contributed by atoms with Gasteiger partial charge < -0.3 is 10.6 Å². The molecule has 8 heteroatoms. The smallest absolute Gasteiger partial charge is 0.278 e. The number of halogens is 2. The summed E-state index contributed by atoms with van der Waals surface area (Å²) in [6, 6.07) is 7.28. The molecule has 1 aliphatic rings. The minimum absolute atomic E-state index is 0. The molecule has 0 radical (unpaired) electrons. The zero-order valence-electron chi connectivity index (χ0n) is 13.1. The monoisotopic (exact) mass is 352 g/mol. The Morgan fingerprint density at radius 2 is 2.08 bits per heavy atom. The van der Waals surface area contributed by atoms with Crippen LogP contribution in [-0.2, 0) is 0 Å². The number of nitrogens with two attached hydrogens (primary N) is 1. The normalized spacial score (nSPS) is 16.8. The molecule has 3 rings (SSSR count). The molecule has 1 aromatic heterocycles. The van der Waals surface area contributed by atoms with E-state index in [1.165, 1.54) is 21.7 Å². The predicted molar refractivity (Wildman–Crippen MR) is 90.3 cm³/mol. The molecule has 1 saturated heterocycles. The number of rotatable bonds is 2. The van der Waals surface area contributed by atoms with Gasteiger partial charge in [0.25, 0.3) is 5.91 Å². The van der Waals surface area contributed by atoms with Gasteiger partial charge in [0.2, 0.25) is 5.43 Å². The van der Waals surface area contributed by atoms with E-state index in [4.69, 9.17) is 5.73 Å². The maximum atomic E-state index is 14.0. The number of amides is 1. The van der Waals surface area contributed by atoms with Gasteiger partial charge in [0.15, 0.2) is 5.69 Å². The first kappa shape index (κ1) is 18.1. The van der Waals surface area contributed by atoms with Gasteiger partial charge in [-0.05, 0) is 25.5 Å². The fraction of sp³-hybridized carbons (Fsp3) is 0.312. The molecule has 128 valence electrons. The third kappa shape index (κ3) is 3.32. The summed E-state index contributed by atoms with van der Waals surface area (Å²) >= 11 is 0. The van der Waals surface area contributed by atoms with Crippen LogP contribution in [0.3, 0.4) is 0 Å².